The van der Waals surface area contributed by atoms with E-state index in [9.17, 15) is 27.2 Å². The molecule has 4 rings (SSSR count). The summed E-state index contributed by atoms with van der Waals surface area (Å²) in [7, 11) is 0. The van der Waals surface area contributed by atoms with E-state index in [2.05, 4.69) is 10.3 Å². The van der Waals surface area contributed by atoms with Crippen molar-refractivity contribution in [1.29, 1.82) is 0 Å². The van der Waals surface area contributed by atoms with E-state index in [1.165, 1.54) is 12.3 Å². The molecule has 0 radical (unpaired) electrons. The predicted molar refractivity (Wildman–Crippen MR) is 103 cm³/mol. The highest BCUT2D eigenvalue weighted by Crippen LogP contribution is 2.48. The summed E-state index contributed by atoms with van der Waals surface area (Å²) in [6.45, 7) is 1.31. The van der Waals surface area contributed by atoms with Gasteiger partial charge in [-0.25, -0.2) is 9.18 Å². The zero-order valence-electron chi connectivity index (χ0n) is 16.6. The van der Waals surface area contributed by atoms with Gasteiger partial charge < -0.3 is 15.3 Å². The van der Waals surface area contributed by atoms with Gasteiger partial charge in [0.25, 0.3) is 5.91 Å². The molecule has 2 amide bonds. The first-order valence-electron chi connectivity index (χ1n) is 9.58. The number of aliphatic carboxylic acids is 1. The number of aromatic nitrogens is 1. The van der Waals surface area contributed by atoms with Gasteiger partial charge in [0, 0.05) is 31.7 Å². The maximum atomic E-state index is 14.0. The lowest BCUT2D eigenvalue weighted by Gasteiger charge is -2.27. The molecule has 0 unspecified atom stereocenters. The largest absolute Gasteiger partial charge is 0.490 e. The third-order valence-electron chi connectivity index (χ3n) is 5.59. The molecule has 32 heavy (non-hydrogen) atoms. The van der Waals surface area contributed by atoms with Gasteiger partial charge >= 0.3 is 12.1 Å². The molecule has 3 heterocycles. The zero-order valence-corrected chi connectivity index (χ0v) is 16.6. The Morgan fingerprint density at radius 3 is 2.38 bits per heavy atom. The van der Waals surface area contributed by atoms with Crippen LogP contribution >= 0.6 is 0 Å². The van der Waals surface area contributed by atoms with Crippen molar-refractivity contribution < 1.29 is 37.1 Å². The van der Waals surface area contributed by atoms with Crippen molar-refractivity contribution in [1.82, 2.24) is 15.2 Å². The van der Waals surface area contributed by atoms with Crippen molar-refractivity contribution in [3.05, 3.63) is 65.7 Å². The summed E-state index contributed by atoms with van der Waals surface area (Å²) in [5.74, 6) is -3.90. The fraction of sp³-hybridized carbons (Fsp3) is 0.333. The number of nitrogens with zero attached hydrogens (tertiary/aromatic N) is 2. The highest BCUT2D eigenvalue weighted by Gasteiger charge is 2.55. The second kappa shape index (κ2) is 8.93. The van der Waals surface area contributed by atoms with Gasteiger partial charge in [-0.05, 0) is 18.1 Å². The summed E-state index contributed by atoms with van der Waals surface area (Å²) in [6, 6.07) is 11.1. The van der Waals surface area contributed by atoms with E-state index < -0.39 is 29.3 Å². The Bertz CT molecular complexity index is 1020. The van der Waals surface area contributed by atoms with Crippen LogP contribution in [0, 0.1) is 11.2 Å². The second-order valence-electron chi connectivity index (χ2n) is 7.47. The van der Waals surface area contributed by atoms with Crippen LogP contribution in [0.25, 0.3) is 0 Å². The maximum absolute atomic E-state index is 14.0. The average Bonchev–Trinajstić information content (AvgIpc) is 3.32. The van der Waals surface area contributed by atoms with Gasteiger partial charge in [-0.1, -0.05) is 30.3 Å². The standard InChI is InChI=1S/C19H18FN3O2.C2HF3O2/c20-16-10-21-8-6-14(16)17(24)23-11-15(13-4-2-1-3-5-13)19(12-23)7-9-22-18(19)25;3-2(4,5)1(6)7/h1-6,8,10,15H,7,9,11-12H2,(H,22,25);(H,6,7)/t15-,19+;/m0./s1. The lowest BCUT2D eigenvalue weighted by molar-refractivity contribution is -0.192. The number of likely N-dealkylation sites (tertiary alicyclic amines) is 1. The van der Waals surface area contributed by atoms with Gasteiger partial charge in [-0.15, -0.1) is 0 Å². The molecule has 2 fully saturated rings. The van der Waals surface area contributed by atoms with Crippen LogP contribution in [-0.2, 0) is 9.59 Å². The molecule has 2 aromatic rings. The highest BCUT2D eigenvalue weighted by atomic mass is 19.4. The average molecular weight is 453 g/mol. The number of benzene rings is 1. The molecule has 2 aliphatic heterocycles. The smallest absolute Gasteiger partial charge is 0.475 e. The van der Waals surface area contributed by atoms with E-state index in [1.807, 2.05) is 30.3 Å². The summed E-state index contributed by atoms with van der Waals surface area (Å²) in [4.78, 5) is 39.6. The molecule has 7 nitrogen and oxygen atoms in total. The van der Waals surface area contributed by atoms with Gasteiger partial charge in [0.05, 0.1) is 17.2 Å². The maximum Gasteiger partial charge on any atom is 0.490 e. The highest BCUT2D eigenvalue weighted by molar-refractivity contribution is 5.96. The van der Waals surface area contributed by atoms with Crippen LogP contribution in [-0.4, -0.2) is 58.6 Å². The molecule has 2 N–H and O–H groups in total. The number of halogens is 4. The van der Waals surface area contributed by atoms with Gasteiger partial charge in [0.15, 0.2) is 5.82 Å². The predicted octanol–water partition coefficient (Wildman–Crippen LogP) is 2.60. The number of pyridine rings is 1. The minimum Gasteiger partial charge on any atom is -0.475 e. The van der Waals surface area contributed by atoms with Crippen molar-refractivity contribution in [2.45, 2.75) is 18.5 Å². The van der Waals surface area contributed by atoms with E-state index in [0.29, 0.717) is 26.1 Å². The fourth-order valence-electron chi connectivity index (χ4n) is 4.07. The molecule has 2 saturated heterocycles. The first kappa shape index (κ1) is 23.2. The van der Waals surface area contributed by atoms with Gasteiger partial charge in [0.1, 0.15) is 0 Å². The molecule has 2 atom stereocenters. The number of rotatable bonds is 2. The quantitative estimate of drug-likeness (QED) is 0.681. The number of carbonyl (C=O) groups excluding carboxylic acids is 2. The third-order valence-corrected chi connectivity index (χ3v) is 5.59. The number of hydrogen-bond donors (Lipinski definition) is 2. The first-order chi connectivity index (χ1) is 15.1. The number of carbonyl (C=O) groups is 3. The van der Waals surface area contributed by atoms with Crippen molar-refractivity contribution in [3.8, 4) is 0 Å². The van der Waals surface area contributed by atoms with Crippen LogP contribution in [0.3, 0.4) is 0 Å². The Hall–Kier alpha value is -3.50. The number of carboxylic acids is 1. The normalized spacial score (nSPS) is 22.3. The lowest BCUT2D eigenvalue weighted by atomic mass is 9.73. The number of amides is 2. The van der Waals surface area contributed by atoms with Crippen molar-refractivity contribution in [2.75, 3.05) is 19.6 Å². The van der Waals surface area contributed by atoms with E-state index >= 15 is 0 Å². The van der Waals surface area contributed by atoms with Crippen LogP contribution in [0.1, 0.15) is 28.3 Å². The van der Waals surface area contributed by atoms with Gasteiger partial charge in [-0.3, -0.25) is 14.6 Å². The van der Waals surface area contributed by atoms with Crippen LogP contribution in [0.5, 0.6) is 0 Å². The van der Waals surface area contributed by atoms with Gasteiger partial charge in [-0.2, -0.15) is 13.2 Å². The van der Waals surface area contributed by atoms with Crippen molar-refractivity contribution >= 4 is 17.8 Å². The second-order valence-corrected chi connectivity index (χ2v) is 7.47. The van der Waals surface area contributed by atoms with Crippen LogP contribution in [0.15, 0.2) is 48.8 Å². The third kappa shape index (κ3) is 4.56. The molecule has 11 heteroatoms. The molecular formula is C21H19F4N3O4. The molecule has 2 aliphatic rings. The Balaban J connectivity index is 0.000000360. The van der Waals surface area contributed by atoms with E-state index in [1.54, 1.807) is 4.90 Å². The Morgan fingerprint density at radius 1 is 1.19 bits per heavy atom. The summed E-state index contributed by atoms with van der Waals surface area (Å²) in [6.07, 6.45) is -1.97. The summed E-state index contributed by atoms with van der Waals surface area (Å²) >= 11 is 0. The number of hydrogen-bond acceptors (Lipinski definition) is 4. The Labute approximate surface area is 180 Å². The minimum absolute atomic E-state index is 0.00253. The molecule has 1 spiro atoms. The topological polar surface area (TPSA) is 99.6 Å². The van der Waals surface area contributed by atoms with Crippen LogP contribution < -0.4 is 5.32 Å². The SMILES string of the molecule is O=C(O)C(F)(F)F.O=C(c1ccncc1F)N1C[C@@H](c2ccccc2)[C@@]2(CCNC2=O)C1. The van der Waals surface area contributed by atoms with Crippen molar-refractivity contribution in [2.24, 2.45) is 5.41 Å². The summed E-state index contributed by atoms with van der Waals surface area (Å²) in [5, 5.41) is 10.0. The van der Waals surface area contributed by atoms with E-state index in [4.69, 9.17) is 9.90 Å². The molecule has 0 aliphatic carbocycles. The molecule has 1 aromatic heterocycles. The number of nitrogens with one attached hydrogen (secondary N) is 1. The summed E-state index contributed by atoms with van der Waals surface area (Å²) in [5.41, 5.74) is 0.392. The van der Waals surface area contributed by atoms with Gasteiger partial charge in [0.2, 0.25) is 5.91 Å². The number of alkyl halides is 3. The lowest BCUT2D eigenvalue weighted by Crippen LogP contribution is -2.38. The first-order valence-corrected chi connectivity index (χ1v) is 9.58. The van der Waals surface area contributed by atoms with Crippen LogP contribution in [0.2, 0.25) is 0 Å². The van der Waals surface area contributed by atoms with E-state index in [0.717, 1.165) is 11.8 Å². The Kier molecular flexibility index (Phi) is 6.47. The molecule has 1 aromatic carbocycles. The molecule has 0 bridgehead atoms. The monoisotopic (exact) mass is 453 g/mol. The molecule has 170 valence electrons. The van der Waals surface area contributed by atoms with Crippen molar-refractivity contribution in [3.63, 3.8) is 0 Å². The summed E-state index contributed by atoms with van der Waals surface area (Å²) < 4.78 is 45.7. The Morgan fingerprint density at radius 2 is 1.84 bits per heavy atom. The zero-order chi connectivity index (χ0) is 23.5. The fourth-order valence-corrected chi connectivity index (χ4v) is 4.07. The van der Waals surface area contributed by atoms with Crippen LogP contribution in [0.4, 0.5) is 17.6 Å². The van der Waals surface area contributed by atoms with E-state index in [-0.39, 0.29) is 17.4 Å². The molecule has 0 saturated carbocycles. The minimum atomic E-state index is -5.08. The number of carboxylic acid groups (broad SMARTS) is 1. The molecular weight excluding hydrogens is 434 g/mol.